The molecule has 0 aliphatic rings. The molecule has 11 rings (SSSR count). The molecule has 11 aromatic rings. The van der Waals surface area contributed by atoms with Crippen molar-refractivity contribution in [2.75, 3.05) is 0 Å². The molecule has 238 valence electrons. The first kappa shape index (κ1) is 11.9. The summed E-state index contributed by atoms with van der Waals surface area (Å²) in [6.07, 6.45) is 0. The second kappa shape index (κ2) is 10.8. The fourth-order valence-corrected chi connectivity index (χ4v) is 6.35. The number of hydrogen-bond donors (Lipinski definition) is 0. The Hall–Kier alpha value is -6.84. The molecule has 0 atom stereocenters. The Morgan fingerprint density at radius 3 is 1.12 bits per heavy atom. The van der Waals surface area contributed by atoms with Gasteiger partial charge < -0.3 is 13.7 Å². The lowest BCUT2D eigenvalue weighted by Gasteiger charge is -2.12. The van der Waals surface area contributed by atoms with Crippen LogP contribution in [0.3, 0.4) is 0 Å². The molecule has 0 bridgehead atoms. The van der Waals surface area contributed by atoms with Gasteiger partial charge in [-0.2, -0.15) is 0 Å². The van der Waals surface area contributed by atoms with Crippen LogP contribution in [0.4, 0.5) is 0 Å². The van der Waals surface area contributed by atoms with Crippen molar-refractivity contribution in [3.05, 3.63) is 187 Å². The lowest BCUT2D eigenvalue weighted by atomic mass is 10.1. The minimum atomic E-state index is -1.07. The zero-order chi connectivity index (χ0) is 58.7. The van der Waals surface area contributed by atoms with Crippen LogP contribution < -0.4 is 0 Å². The predicted octanol–water partition coefficient (Wildman–Crippen LogP) is 12.6. The van der Waals surface area contributed by atoms with Crippen molar-refractivity contribution in [1.29, 1.82) is 0 Å². The average molecular weight is 679 g/mol. The molecule has 0 spiro atoms. The standard InChI is InChI=1S/C48H31N3/c1-2-13-32(14-3-1)33-15-12-16-34(29-33)49-47-27-25-35(50-43-21-8-4-17-37(43)38-18-5-9-22-44(38)50)30-41(47)42-31-36(26-28-48(42)49)51-45-23-10-6-19-39(45)40-20-7-11-24-46(40)51/h1-31H/i1D,4D,5D,6D,7D,8D,9D,10D,11D,12D,13D,14D,15D,16D,17D,18D,19D,20D,21D,22D,23D,24D,25D,26D,27D,28D,29D,30D,31D. The maximum atomic E-state index is 10.2. The molecule has 51 heavy (non-hydrogen) atoms. The summed E-state index contributed by atoms with van der Waals surface area (Å²) in [5.41, 5.74) is -7.72. The molecule has 0 aliphatic carbocycles. The van der Waals surface area contributed by atoms with Crippen molar-refractivity contribution < 1.29 is 39.8 Å². The van der Waals surface area contributed by atoms with E-state index in [0.29, 0.717) is 4.57 Å². The molecule has 3 heterocycles. The van der Waals surface area contributed by atoms with E-state index >= 15 is 0 Å². The minimum absolute atomic E-state index is 0.322. The van der Waals surface area contributed by atoms with E-state index in [2.05, 4.69) is 0 Å². The van der Waals surface area contributed by atoms with E-state index in [1.165, 1.54) is 0 Å². The van der Waals surface area contributed by atoms with Gasteiger partial charge in [0.05, 0.1) is 72.9 Å². The number of benzene rings is 8. The molecule has 0 unspecified atom stereocenters. The molecule has 3 heteroatoms. The van der Waals surface area contributed by atoms with Crippen LogP contribution in [-0.2, 0) is 0 Å². The molecule has 0 saturated heterocycles. The first-order chi connectivity index (χ1) is 37.4. The third-order valence-corrected chi connectivity index (χ3v) is 8.45. The van der Waals surface area contributed by atoms with Crippen LogP contribution in [0.1, 0.15) is 39.8 Å². The zero-order valence-corrected chi connectivity index (χ0v) is 25.5. The highest BCUT2D eigenvalue weighted by molar-refractivity contribution is 6.14. The van der Waals surface area contributed by atoms with E-state index in [1.807, 2.05) is 0 Å². The number of fused-ring (bicyclic) bond motifs is 9. The van der Waals surface area contributed by atoms with E-state index < -0.39 is 263 Å². The van der Waals surface area contributed by atoms with Gasteiger partial charge in [-0.3, -0.25) is 0 Å². The Kier molecular flexibility index (Phi) is 2.53. The number of aromatic nitrogens is 3. The summed E-state index contributed by atoms with van der Waals surface area (Å²) in [6, 6.07) is -23.5. The van der Waals surface area contributed by atoms with Crippen LogP contribution in [-0.4, -0.2) is 13.7 Å². The topological polar surface area (TPSA) is 14.8 Å². The largest absolute Gasteiger partial charge is 0.309 e. The molecule has 0 N–H and O–H groups in total. The van der Waals surface area contributed by atoms with Gasteiger partial charge in [0.15, 0.2) is 0 Å². The molecular formula is C48H31N3. The molecule has 8 aromatic carbocycles. The van der Waals surface area contributed by atoms with Gasteiger partial charge in [-0.05, 0) is 83.6 Å². The number of para-hydroxylation sites is 4. The van der Waals surface area contributed by atoms with Crippen molar-refractivity contribution in [2.45, 2.75) is 0 Å². The van der Waals surface area contributed by atoms with Gasteiger partial charge in [0.1, 0.15) is 0 Å². The Bertz CT molecular complexity index is 4400. The van der Waals surface area contributed by atoms with Crippen LogP contribution in [0.5, 0.6) is 0 Å². The lowest BCUT2D eigenvalue weighted by molar-refractivity contribution is 1.16. The Balaban J connectivity index is 1.46. The van der Waals surface area contributed by atoms with Crippen LogP contribution in [0, 0.1) is 0 Å². The van der Waals surface area contributed by atoms with Gasteiger partial charge in [-0.25, -0.2) is 0 Å². The monoisotopic (exact) mass is 678 g/mol. The molecule has 0 amide bonds. The fraction of sp³-hybridized carbons (Fsp3) is 0. The van der Waals surface area contributed by atoms with E-state index in [1.54, 1.807) is 0 Å². The Morgan fingerprint density at radius 2 is 0.667 bits per heavy atom. The van der Waals surface area contributed by atoms with Crippen LogP contribution in [0.25, 0.3) is 93.6 Å². The Morgan fingerprint density at radius 1 is 0.275 bits per heavy atom. The molecular weight excluding hydrogens is 619 g/mol. The van der Waals surface area contributed by atoms with Crippen LogP contribution >= 0.6 is 0 Å². The number of rotatable bonds is 4. The fourth-order valence-electron chi connectivity index (χ4n) is 6.35. The SMILES string of the molecule is [2H]c1cc([2H])c(-c2c([2H])c([2H])c([2H])c(-n3c4c([2H])c([2H])c(-n5c6c([2H])c([2H])c([2H])c([2H])c6c6c([2H])c([2H])c([2H])c([2H])c65)c([2H])c4c4c([2H])c(-n5c6c([2H])c([2H])c([2H])c([2H])c6c6c([2H])c([2H])c([2H])c([2H])c65)c([2H])c([2H])c43)c2[2H])c([2H])c1. The van der Waals surface area contributed by atoms with Gasteiger partial charge in [0, 0.05) is 49.4 Å². The minimum Gasteiger partial charge on any atom is -0.309 e. The summed E-state index contributed by atoms with van der Waals surface area (Å²) in [5.74, 6) is 0. The Labute approximate surface area is 335 Å². The molecule has 0 saturated carbocycles. The van der Waals surface area contributed by atoms with Crippen molar-refractivity contribution in [3.63, 3.8) is 0 Å². The highest BCUT2D eigenvalue weighted by atomic mass is 15.0. The zero-order valence-electron chi connectivity index (χ0n) is 54.5. The van der Waals surface area contributed by atoms with E-state index in [-0.39, 0.29) is 6.04 Å². The van der Waals surface area contributed by atoms with Crippen molar-refractivity contribution >= 4 is 65.4 Å². The molecule has 0 aliphatic heterocycles. The van der Waals surface area contributed by atoms with E-state index in [0.717, 1.165) is 21.3 Å². The van der Waals surface area contributed by atoms with Crippen LogP contribution in [0.2, 0.25) is 0 Å². The van der Waals surface area contributed by atoms with Crippen molar-refractivity contribution in [1.82, 2.24) is 13.7 Å². The first-order valence-electron chi connectivity index (χ1n) is 29.7. The van der Waals surface area contributed by atoms with Crippen molar-refractivity contribution in [2.24, 2.45) is 0 Å². The molecule has 3 aromatic heterocycles. The third-order valence-electron chi connectivity index (χ3n) is 8.45. The van der Waals surface area contributed by atoms with Gasteiger partial charge in [0.25, 0.3) is 0 Å². The number of hydrogen-bond acceptors (Lipinski definition) is 0. The molecule has 0 fully saturated rings. The maximum Gasteiger partial charge on any atom is 0.0652 e. The lowest BCUT2D eigenvalue weighted by Crippen LogP contribution is -1.96. The summed E-state index contributed by atoms with van der Waals surface area (Å²) in [5, 5.41) is -3.50. The third kappa shape index (κ3) is 4.12. The first-order valence-corrected chi connectivity index (χ1v) is 15.2. The summed E-state index contributed by atoms with van der Waals surface area (Å²) < 4.78 is 266. The van der Waals surface area contributed by atoms with Gasteiger partial charge in [0.2, 0.25) is 0 Å². The summed E-state index contributed by atoms with van der Waals surface area (Å²) in [4.78, 5) is 0. The predicted molar refractivity (Wildman–Crippen MR) is 215 cm³/mol. The summed E-state index contributed by atoms with van der Waals surface area (Å²) in [7, 11) is 0. The maximum absolute atomic E-state index is 10.2. The normalized spacial score (nSPS) is 19.9. The van der Waals surface area contributed by atoms with Gasteiger partial charge in [-0.1, -0.05) is 115 Å². The second-order valence-corrected chi connectivity index (χ2v) is 11.1. The van der Waals surface area contributed by atoms with E-state index in [4.69, 9.17) is 28.8 Å². The second-order valence-electron chi connectivity index (χ2n) is 11.1. The molecule has 3 nitrogen and oxygen atoms in total. The van der Waals surface area contributed by atoms with Crippen LogP contribution in [0.15, 0.2) is 187 Å². The average Bonchev–Trinajstić information content (AvgIpc) is 4.08. The summed E-state index contributed by atoms with van der Waals surface area (Å²) >= 11 is 0. The smallest absolute Gasteiger partial charge is 0.0652 e. The number of nitrogens with zero attached hydrogens (tertiary/aromatic N) is 3. The van der Waals surface area contributed by atoms with Crippen molar-refractivity contribution in [3.8, 4) is 28.2 Å². The summed E-state index contributed by atoms with van der Waals surface area (Å²) in [6.45, 7) is 0. The van der Waals surface area contributed by atoms with E-state index in [9.17, 15) is 11.0 Å². The highest BCUT2D eigenvalue weighted by Crippen LogP contribution is 2.39. The highest BCUT2D eigenvalue weighted by Gasteiger charge is 2.19. The van der Waals surface area contributed by atoms with Gasteiger partial charge >= 0.3 is 0 Å². The van der Waals surface area contributed by atoms with Gasteiger partial charge in [-0.15, -0.1) is 0 Å². The quantitative estimate of drug-likeness (QED) is 0.176. The molecule has 0 radical (unpaired) electrons.